The van der Waals surface area contributed by atoms with Gasteiger partial charge >= 0.3 is 0 Å². The van der Waals surface area contributed by atoms with Gasteiger partial charge in [0.05, 0.1) is 15.9 Å². The maximum atomic E-state index is 13.1. The molecule has 0 amide bonds. The molecule has 0 saturated heterocycles. The number of aryl methyl sites for hydroxylation is 2. The van der Waals surface area contributed by atoms with Crippen LogP contribution in [0.1, 0.15) is 23.0 Å². The molecule has 0 saturated carbocycles. The van der Waals surface area contributed by atoms with Gasteiger partial charge in [0.15, 0.2) is 0 Å². The first-order valence-electron chi connectivity index (χ1n) is 5.68. The van der Waals surface area contributed by atoms with Crippen LogP contribution in [0.25, 0.3) is 0 Å². The molecular formula is C13H15BrFN3. The molecule has 0 fully saturated rings. The summed E-state index contributed by atoms with van der Waals surface area (Å²) in [5, 5.41) is 4.32. The maximum absolute atomic E-state index is 13.1. The van der Waals surface area contributed by atoms with E-state index in [1.54, 1.807) is 10.7 Å². The molecule has 2 rings (SSSR count). The van der Waals surface area contributed by atoms with Gasteiger partial charge in [0, 0.05) is 19.5 Å². The van der Waals surface area contributed by atoms with E-state index >= 15 is 0 Å². The van der Waals surface area contributed by atoms with Gasteiger partial charge in [-0.15, -0.1) is 0 Å². The summed E-state index contributed by atoms with van der Waals surface area (Å²) in [7, 11) is 1.88. The number of nitrogens with zero attached hydrogens (tertiary/aromatic N) is 2. The third-order valence-electron chi connectivity index (χ3n) is 2.95. The van der Waals surface area contributed by atoms with E-state index in [4.69, 9.17) is 5.73 Å². The molecule has 0 aliphatic rings. The van der Waals surface area contributed by atoms with Crippen molar-refractivity contribution in [3.63, 3.8) is 0 Å². The second-order valence-corrected chi connectivity index (χ2v) is 5.13. The Morgan fingerprint density at radius 1 is 1.50 bits per heavy atom. The highest BCUT2D eigenvalue weighted by molar-refractivity contribution is 9.10. The van der Waals surface area contributed by atoms with Gasteiger partial charge in [0.2, 0.25) is 0 Å². The maximum Gasteiger partial charge on any atom is 0.123 e. The van der Waals surface area contributed by atoms with E-state index in [1.807, 2.05) is 20.0 Å². The molecule has 0 aliphatic heterocycles. The Morgan fingerprint density at radius 2 is 2.22 bits per heavy atom. The minimum Gasteiger partial charge on any atom is -0.324 e. The zero-order chi connectivity index (χ0) is 13.3. The number of rotatable bonds is 3. The summed E-state index contributed by atoms with van der Waals surface area (Å²) in [6, 6.07) is 6.16. The smallest absolute Gasteiger partial charge is 0.123 e. The van der Waals surface area contributed by atoms with E-state index in [9.17, 15) is 4.39 Å². The monoisotopic (exact) mass is 311 g/mol. The molecule has 0 bridgehead atoms. The van der Waals surface area contributed by atoms with E-state index in [0.29, 0.717) is 6.42 Å². The molecule has 1 atom stereocenters. The van der Waals surface area contributed by atoms with Crippen molar-refractivity contribution in [1.82, 2.24) is 9.78 Å². The van der Waals surface area contributed by atoms with Crippen molar-refractivity contribution in [3.8, 4) is 0 Å². The lowest BCUT2D eigenvalue weighted by Gasteiger charge is -2.12. The SMILES string of the molecule is Cc1nn(C)c(CC(N)c2cccc(F)c2)c1Br. The fourth-order valence-corrected chi connectivity index (χ4v) is 2.46. The van der Waals surface area contributed by atoms with Gasteiger partial charge in [-0.3, -0.25) is 4.68 Å². The van der Waals surface area contributed by atoms with Gasteiger partial charge in [-0.25, -0.2) is 4.39 Å². The Bertz CT molecular complexity index is 565. The van der Waals surface area contributed by atoms with Crippen molar-refractivity contribution in [3.05, 3.63) is 51.5 Å². The van der Waals surface area contributed by atoms with E-state index < -0.39 is 0 Å². The quantitative estimate of drug-likeness (QED) is 0.947. The lowest BCUT2D eigenvalue weighted by molar-refractivity contribution is 0.609. The van der Waals surface area contributed by atoms with E-state index in [0.717, 1.165) is 21.4 Å². The average molecular weight is 312 g/mol. The molecule has 0 radical (unpaired) electrons. The minimum atomic E-state index is -0.261. The fraction of sp³-hybridized carbons (Fsp3) is 0.308. The highest BCUT2D eigenvalue weighted by atomic mass is 79.9. The third-order valence-corrected chi connectivity index (χ3v) is 3.98. The topological polar surface area (TPSA) is 43.8 Å². The Balaban J connectivity index is 2.24. The normalized spacial score (nSPS) is 12.7. The van der Waals surface area contributed by atoms with Gasteiger partial charge in [-0.2, -0.15) is 5.10 Å². The number of benzene rings is 1. The Morgan fingerprint density at radius 3 is 2.78 bits per heavy atom. The zero-order valence-electron chi connectivity index (χ0n) is 10.3. The van der Waals surface area contributed by atoms with Crippen LogP contribution in [-0.2, 0) is 13.5 Å². The van der Waals surface area contributed by atoms with Crippen LogP contribution in [0.4, 0.5) is 4.39 Å². The Labute approximate surface area is 114 Å². The summed E-state index contributed by atoms with van der Waals surface area (Å²) in [5.41, 5.74) is 8.85. The minimum absolute atomic E-state index is 0.244. The molecule has 96 valence electrons. The van der Waals surface area contributed by atoms with Crippen LogP contribution < -0.4 is 5.73 Å². The molecular weight excluding hydrogens is 297 g/mol. The van der Waals surface area contributed by atoms with Crippen LogP contribution in [0.5, 0.6) is 0 Å². The summed E-state index contributed by atoms with van der Waals surface area (Å²) < 4.78 is 15.9. The molecule has 1 aromatic heterocycles. The lowest BCUT2D eigenvalue weighted by Crippen LogP contribution is -2.15. The summed E-state index contributed by atoms with van der Waals surface area (Å²) in [6.45, 7) is 1.93. The standard InChI is InChI=1S/C13H15BrFN3/c1-8-13(14)12(18(2)17-8)7-11(16)9-4-3-5-10(15)6-9/h3-6,11H,7,16H2,1-2H3. The molecule has 0 spiro atoms. The van der Waals surface area contributed by atoms with Crippen LogP contribution in [0.2, 0.25) is 0 Å². The number of hydrogen-bond acceptors (Lipinski definition) is 2. The molecule has 2 N–H and O–H groups in total. The number of nitrogens with two attached hydrogens (primary N) is 1. The Hall–Kier alpha value is -1.20. The summed E-state index contributed by atoms with van der Waals surface area (Å²) in [5.74, 6) is -0.261. The summed E-state index contributed by atoms with van der Waals surface area (Å²) in [6.07, 6.45) is 0.612. The average Bonchev–Trinajstić information content (AvgIpc) is 2.56. The van der Waals surface area contributed by atoms with Gasteiger partial charge < -0.3 is 5.73 Å². The van der Waals surface area contributed by atoms with Gasteiger partial charge in [0.1, 0.15) is 5.82 Å². The predicted molar refractivity (Wildman–Crippen MR) is 72.7 cm³/mol. The van der Waals surface area contributed by atoms with Gasteiger partial charge in [-0.05, 0) is 40.5 Å². The number of halogens is 2. The summed E-state index contributed by atoms with van der Waals surface area (Å²) in [4.78, 5) is 0. The fourth-order valence-electron chi connectivity index (χ4n) is 1.97. The lowest BCUT2D eigenvalue weighted by atomic mass is 10.0. The number of hydrogen-bond donors (Lipinski definition) is 1. The van der Waals surface area contributed by atoms with Crippen LogP contribution in [-0.4, -0.2) is 9.78 Å². The molecule has 3 nitrogen and oxygen atoms in total. The molecule has 1 heterocycles. The molecule has 2 aromatic rings. The first kappa shape index (κ1) is 13.2. The van der Waals surface area contributed by atoms with Crippen LogP contribution in [0.15, 0.2) is 28.7 Å². The summed E-state index contributed by atoms with van der Waals surface area (Å²) >= 11 is 3.50. The first-order chi connectivity index (χ1) is 8.49. The molecule has 5 heteroatoms. The molecule has 0 aliphatic carbocycles. The largest absolute Gasteiger partial charge is 0.324 e. The van der Waals surface area contributed by atoms with Crippen molar-refractivity contribution < 1.29 is 4.39 Å². The van der Waals surface area contributed by atoms with Crippen molar-refractivity contribution in [1.29, 1.82) is 0 Å². The third kappa shape index (κ3) is 2.62. The van der Waals surface area contributed by atoms with E-state index in [-0.39, 0.29) is 11.9 Å². The second kappa shape index (κ2) is 5.20. The van der Waals surface area contributed by atoms with Crippen molar-refractivity contribution in [2.45, 2.75) is 19.4 Å². The van der Waals surface area contributed by atoms with Crippen molar-refractivity contribution in [2.75, 3.05) is 0 Å². The van der Waals surface area contributed by atoms with Crippen LogP contribution in [0, 0.1) is 12.7 Å². The van der Waals surface area contributed by atoms with Crippen molar-refractivity contribution >= 4 is 15.9 Å². The van der Waals surface area contributed by atoms with E-state index in [1.165, 1.54) is 12.1 Å². The van der Waals surface area contributed by atoms with E-state index in [2.05, 4.69) is 21.0 Å². The second-order valence-electron chi connectivity index (χ2n) is 4.34. The van der Waals surface area contributed by atoms with Crippen LogP contribution >= 0.6 is 15.9 Å². The number of aromatic nitrogens is 2. The predicted octanol–water partition coefficient (Wildman–Crippen LogP) is 2.87. The first-order valence-corrected chi connectivity index (χ1v) is 6.47. The Kier molecular flexibility index (Phi) is 3.82. The molecule has 1 aromatic carbocycles. The molecule has 1 unspecified atom stereocenters. The highest BCUT2D eigenvalue weighted by Gasteiger charge is 2.15. The molecule has 18 heavy (non-hydrogen) atoms. The highest BCUT2D eigenvalue weighted by Crippen LogP contribution is 2.25. The van der Waals surface area contributed by atoms with Crippen molar-refractivity contribution in [2.24, 2.45) is 12.8 Å². The van der Waals surface area contributed by atoms with Gasteiger partial charge in [0.25, 0.3) is 0 Å². The van der Waals surface area contributed by atoms with Crippen LogP contribution in [0.3, 0.4) is 0 Å². The zero-order valence-corrected chi connectivity index (χ0v) is 11.9. The van der Waals surface area contributed by atoms with Gasteiger partial charge in [-0.1, -0.05) is 12.1 Å².